The third kappa shape index (κ3) is 3.29. The molecule has 1 amide bonds. The lowest BCUT2D eigenvalue weighted by Gasteiger charge is -2.50. The normalized spacial score (nSPS) is 26.6. The molecule has 0 unspecified atom stereocenters. The standard InChI is InChI=1S/C28H25N3O7/c1-31(2)22-17-10-14-9-16-15(13-5-3-12(11-29)4-6-13)7-8-18(32)20(16)23(33)19(14)25(35)28(17,38)26(36)21(24(22)34)27(30)37/h3-8,14,17,22,32-33,36,38H,9-10H2,1-2H3,(H2,30,37)/t14-,17+,22+,28-/m0/s1. The van der Waals surface area contributed by atoms with E-state index in [2.05, 4.69) is 6.07 Å². The largest absolute Gasteiger partial charge is 0.508 e. The third-order valence-corrected chi connectivity index (χ3v) is 7.93. The number of primary amides is 1. The van der Waals surface area contributed by atoms with Crippen LogP contribution in [0.1, 0.15) is 23.1 Å². The first-order valence-electron chi connectivity index (χ1n) is 11.9. The van der Waals surface area contributed by atoms with Gasteiger partial charge in [-0.15, -0.1) is 0 Å². The van der Waals surface area contributed by atoms with Crippen molar-refractivity contribution in [2.75, 3.05) is 14.1 Å². The molecular formula is C28H25N3O7. The van der Waals surface area contributed by atoms with Gasteiger partial charge in [0.25, 0.3) is 5.91 Å². The van der Waals surface area contributed by atoms with Crippen molar-refractivity contribution in [3.8, 4) is 22.9 Å². The Kier molecular flexibility index (Phi) is 5.67. The van der Waals surface area contributed by atoms with Gasteiger partial charge in [-0.3, -0.25) is 19.3 Å². The molecule has 10 nitrogen and oxygen atoms in total. The lowest BCUT2D eigenvalue weighted by Crippen LogP contribution is -2.65. The van der Waals surface area contributed by atoms with Crippen LogP contribution in [0.2, 0.25) is 0 Å². The van der Waals surface area contributed by atoms with E-state index in [1.165, 1.54) is 11.0 Å². The Morgan fingerprint density at radius 3 is 2.34 bits per heavy atom. The zero-order valence-corrected chi connectivity index (χ0v) is 20.6. The summed E-state index contributed by atoms with van der Waals surface area (Å²) in [6.07, 6.45) is 0.187. The first-order chi connectivity index (χ1) is 17.9. The van der Waals surface area contributed by atoms with E-state index in [1.807, 2.05) is 0 Å². The molecule has 3 aliphatic rings. The van der Waals surface area contributed by atoms with Crippen molar-refractivity contribution in [2.45, 2.75) is 24.5 Å². The number of phenolic OH excluding ortho intramolecular Hbond substituents is 1. The number of Topliss-reactive ketones (excluding diaryl/α,β-unsaturated/α-hetero) is 2. The molecule has 0 aromatic heterocycles. The molecule has 0 aliphatic heterocycles. The first kappa shape index (κ1) is 25.2. The highest BCUT2D eigenvalue weighted by Crippen LogP contribution is 2.53. The number of ketones is 2. The summed E-state index contributed by atoms with van der Waals surface area (Å²) < 4.78 is 0. The van der Waals surface area contributed by atoms with Gasteiger partial charge in [0.05, 0.1) is 23.2 Å². The number of amides is 1. The lowest BCUT2D eigenvalue weighted by molar-refractivity contribution is -0.153. The second kappa shape index (κ2) is 8.55. The Bertz CT molecular complexity index is 1530. The van der Waals surface area contributed by atoms with Crippen LogP contribution in [0.3, 0.4) is 0 Å². The number of rotatable bonds is 3. The topological polar surface area (TPSA) is 185 Å². The van der Waals surface area contributed by atoms with Gasteiger partial charge in [0.15, 0.2) is 11.4 Å². The SMILES string of the molecule is CN(C)[C@H]1C(=O)C(C(N)=O)=C(O)[C@@]2(O)C(=O)C3=C(O)c4c(O)ccc(-c5ccc(C#N)cc5)c4C[C@H]3C[C@H]12. The van der Waals surface area contributed by atoms with Crippen LogP contribution in [0.25, 0.3) is 16.9 Å². The highest BCUT2D eigenvalue weighted by Gasteiger charge is 2.64. The summed E-state index contributed by atoms with van der Waals surface area (Å²) in [5.41, 5.74) is 4.04. The molecule has 6 N–H and O–H groups in total. The molecule has 2 aromatic rings. The Balaban J connectivity index is 1.73. The van der Waals surface area contributed by atoms with Gasteiger partial charge in [0.1, 0.15) is 22.8 Å². The van der Waals surface area contributed by atoms with Gasteiger partial charge in [-0.1, -0.05) is 18.2 Å². The maximum Gasteiger partial charge on any atom is 0.255 e. The number of carbonyl (C=O) groups excluding carboxylic acids is 3. The zero-order chi connectivity index (χ0) is 27.7. The molecule has 0 saturated heterocycles. The van der Waals surface area contributed by atoms with E-state index < -0.39 is 58.0 Å². The minimum Gasteiger partial charge on any atom is -0.508 e. The number of benzene rings is 2. The van der Waals surface area contributed by atoms with Crippen molar-refractivity contribution < 1.29 is 34.8 Å². The number of aliphatic hydroxyl groups is 3. The molecule has 10 heteroatoms. The second-order valence-electron chi connectivity index (χ2n) is 10.1. The number of carbonyl (C=O) groups is 3. The van der Waals surface area contributed by atoms with Crippen molar-refractivity contribution in [3.05, 3.63) is 70.0 Å². The molecule has 38 heavy (non-hydrogen) atoms. The maximum atomic E-state index is 13.9. The molecule has 0 spiro atoms. The average Bonchev–Trinajstić information content (AvgIpc) is 2.86. The highest BCUT2D eigenvalue weighted by molar-refractivity contribution is 6.24. The highest BCUT2D eigenvalue weighted by atomic mass is 16.3. The molecule has 0 heterocycles. The minimum atomic E-state index is -2.68. The van der Waals surface area contributed by atoms with Gasteiger partial charge >= 0.3 is 0 Å². The summed E-state index contributed by atoms with van der Waals surface area (Å²) in [7, 11) is 3.10. The van der Waals surface area contributed by atoms with Gasteiger partial charge in [-0.05, 0) is 67.7 Å². The quantitative estimate of drug-likeness (QED) is 0.378. The number of nitriles is 1. The Labute approximate surface area is 217 Å². The van der Waals surface area contributed by atoms with Crippen molar-refractivity contribution in [1.29, 1.82) is 5.26 Å². The monoisotopic (exact) mass is 515 g/mol. The predicted molar refractivity (Wildman–Crippen MR) is 134 cm³/mol. The fourth-order valence-corrected chi connectivity index (χ4v) is 6.24. The number of nitrogens with zero attached hydrogens (tertiary/aromatic N) is 2. The van der Waals surface area contributed by atoms with Crippen molar-refractivity contribution in [3.63, 3.8) is 0 Å². The molecule has 4 atom stereocenters. The van der Waals surface area contributed by atoms with Crippen molar-refractivity contribution >= 4 is 23.2 Å². The molecule has 1 fully saturated rings. The van der Waals surface area contributed by atoms with E-state index in [4.69, 9.17) is 11.0 Å². The average molecular weight is 516 g/mol. The summed E-state index contributed by atoms with van der Waals surface area (Å²) in [6.45, 7) is 0. The first-order valence-corrected chi connectivity index (χ1v) is 11.9. The van der Waals surface area contributed by atoms with Crippen LogP contribution < -0.4 is 5.73 Å². The van der Waals surface area contributed by atoms with Crippen molar-refractivity contribution in [2.24, 2.45) is 17.6 Å². The number of fused-ring (bicyclic) bond motifs is 3. The third-order valence-electron chi connectivity index (χ3n) is 7.93. The number of hydrogen-bond acceptors (Lipinski definition) is 9. The van der Waals surface area contributed by atoms with Gasteiger partial charge in [0.2, 0.25) is 5.78 Å². The summed E-state index contributed by atoms with van der Waals surface area (Å²) >= 11 is 0. The Morgan fingerprint density at radius 1 is 1.11 bits per heavy atom. The number of likely N-dealkylation sites (N-methyl/N-ethyl adjacent to an activating group) is 1. The van der Waals surface area contributed by atoms with Crippen LogP contribution in [0, 0.1) is 23.2 Å². The van der Waals surface area contributed by atoms with E-state index in [1.54, 1.807) is 44.4 Å². The van der Waals surface area contributed by atoms with Crippen LogP contribution in [-0.2, 0) is 20.8 Å². The number of phenols is 1. The van der Waals surface area contributed by atoms with Gasteiger partial charge in [0, 0.05) is 11.5 Å². The fourth-order valence-electron chi connectivity index (χ4n) is 6.24. The van der Waals surface area contributed by atoms with E-state index in [0.717, 1.165) is 5.56 Å². The lowest BCUT2D eigenvalue weighted by atomic mass is 9.57. The number of aromatic hydroxyl groups is 1. The van der Waals surface area contributed by atoms with E-state index in [0.29, 0.717) is 16.7 Å². The molecule has 2 aromatic carbocycles. The van der Waals surface area contributed by atoms with E-state index in [-0.39, 0.29) is 29.7 Å². The zero-order valence-electron chi connectivity index (χ0n) is 20.6. The second-order valence-corrected chi connectivity index (χ2v) is 10.1. The molecule has 5 rings (SSSR count). The molecule has 0 bridgehead atoms. The van der Waals surface area contributed by atoms with Crippen LogP contribution in [-0.4, -0.2) is 68.5 Å². The molecule has 0 radical (unpaired) electrons. The van der Waals surface area contributed by atoms with E-state index >= 15 is 0 Å². The number of hydrogen-bond donors (Lipinski definition) is 5. The summed E-state index contributed by atoms with van der Waals surface area (Å²) in [5.74, 6) is -6.90. The Hall–Kier alpha value is -4.46. The van der Waals surface area contributed by atoms with Crippen LogP contribution in [0.5, 0.6) is 5.75 Å². The summed E-state index contributed by atoms with van der Waals surface area (Å²) in [6, 6.07) is 10.7. The molecule has 3 aliphatic carbocycles. The maximum absolute atomic E-state index is 13.9. The Morgan fingerprint density at radius 2 is 1.76 bits per heavy atom. The van der Waals surface area contributed by atoms with Crippen LogP contribution in [0.15, 0.2) is 53.3 Å². The molecular weight excluding hydrogens is 490 g/mol. The van der Waals surface area contributed by atoms with Gasteiger partial charge in [-0.2, -0.15) is 5.26 Å². The number of nitrogens with two attached hydrogens (primary N) is 1. The molecule has 194 valence electrons. The molecule has 1 saturated carbocycles. The smallest absolute Gasteiger partial charge is 0.255 e. The summed E-state index contributed by atoms with van der Waals surface area (Å²) in [5, 5.41) is 53.7. The summed E-state index contributed by atoms with van der Waals surface area (Å²) in [4.78, 5) is 40.6. The van der Waals surface area contributed by atoms with Crippen LogP contribution in [0.4, 0.5) is 0 Å². The van der Waals surface area contributed by atoms with Gasteiger partial charge in [-0.25, -0.2) is 0 Å². The van der Waals surface area contributed by atoms with Crippen LogP contribution >= 0.6 is 0 Å². The van der Waals surface area contributed by atoms with Crippen molar-refractivity contribution in [1.82, 2.24) is 4.90 Å². The van der Waals surface area contributed by atoms with Gasteiger partial charge < -0.3 is 26.2 Å². The predicted octanol–water partition coefficient (Wildman–Crippen LogP) is 1.50. The fraction of sp³-hybridized carbons (Fsp3) is 0.286. The number of aliphatic hydroxyl groups excluding tert-OH is 2. The minimum absolute atomic E-state index is 0.00816. The van der Waals surface area contributed by atoms with E-state index in [9.17, 15) is 34.8 Å².